The molecule has 0 heterocycles. The highest BCUT2D eigenvalue weighted by Crippen LogP contribution is 2.37. The molecule has 234 valence electrons. The number of halogens is 1. The van der Waals surface area contributed by atoms with Crippen molar-refractivity contribution >= 4 is 64.5 Å². The van der Waals surface area contributed by atoms with Crippen molar-refractivity contribution in [3.05, 3.63) is 166 Å². The summed E-state index contributed by atoms with van der Waals surface area (Å²) in [6.07, 6.45) is 1.56. The third-order valence-electron chi connectivity index (χ3n) is 6.82. The molecule has 47 heavy (non-hydrogen) atoms. The Morgan fingerprint density at radius 3 is 1.85 bits per heavy atom. The third kappa shape index (κ3) is 9.20. The van der Waals surface area contributed by atoms with Crippen LogP contribution in [0, 0.1) is 0 Å². The van der Waals surface area contributed by atoms with Crippen molar-refractivity contribution < 1.29 is 24.3 Å². The Balaban J connectivity index is 1.31. The Morgan fingerprint density at radius 1 is 0.660 bits per heavy atom. The van der Waals surface area contributed by atoms with E-state index < -0.39 is 23.0 Å². The van der Waals surface area contributed by atoms with Crippen LogP contribution in [0.15, 0.2) is 144 Å². The standard InChI is InChI=1S/C37H28ClN3O5S/c38-28-15-11-24(12-16-28)23-32(41-34(42)26-9-5-2-6-10-26)35(43)39-30-19-21-31(22-20-30)47-33(25-7-3-1-4-8-25)36(44)40-29-17-13-27(14-18-29)37(45)46/h1-23,33H,(H,39,43)(H,40,44)(H,41,42)(H,45,46)/b32-23-. The number of nitrogens with one attached hydrogen (secondary N) is 3. The number of rotatable bonds is 11. The molecule has 0 fully saturated rings. The zero-order chi connectivity index (χ0) is 33.2. The molecule has 1 atom stereocenters. The van der Waals surface area contributed by atoms with E-state index in [1.807, 2.05) is 30.3 Å². The number of aromatic carboxylic acids is 1. The molecule has 5 rings (SSSR count). The Bertz CT molecular complexity index is 1900. The number of carboxylic acids is 1. The molecule has 3 amide bonds. The molecule has 10 heteroatoms. The second kappa shape index (κ2) is 15.6. The maximum absolute atomic E-state index is 13.4. The van der Waals surface area contributed by atoms with Crippen molar-refractivity contribution in [2.24, 2.45) is 0 Å². The molecule has 0 spiro atoms. The van der Waals surface area contributed by atoms with Crippen LogP contribution < -0.4 is 16.0 Å². The van der Waals surface area contributed by atoms with E-state index in [0.29, 0.717) is 27.5 Å². The first-order valence-electron chi connectivity index (χ1n) is 14.4. The fourth-order valence-corrected chi connectivity index (χ4v) is 5.57. The van der Waals surface area contributed by atoms with Crippen LogP contribution in [0.4, 0.5) is 11.4 Å². The van der Waals surface area contributed by atoms with Gasteiger partial charge in [-0.05, 0) is 90.0 Å². The number of benzene rings is 5. The summed E-state index contributed by atoms with van der Waals surface area (Å²) in [5, 5.41) is 17.5. The minimum atomic E-state index is -1.05. The molecule has 5 aromatic rings. The summed E-state index contributed by atoms with van der Waals surface area (Å²) < 4.78 is 0. The number of carboxylic acid groups (broad SMARTS) is 1. The number of carbonyl (C=O) groups is 4. The number of hydrogen-bond acceptors (Lipinski definition) is 5. The summed E-state index contributed by atoms with van der Waals surface area (Å²) in [7, 11) is 0. The average Bonchev–Trinajstić information content (AvgIpc) is 3.09. The first-order valence-corrected chi connectivity index (χ1v) is 15.6. The van der Waals surface area contributed by atoms with Crippen LogP contribution in [-0.2, 0) is 9.59 Å². The maximum atomic E-state index is 13.4. The highest BCUT2D eigenvalue weighted by molar-refractivity contribution is 8.00. The molecule has 4 N–H and O–H groups in total. The molecule has 1 unspecified atom stereocenters. The van der Waals surface area contributed by atoms with Crippen molar-refractivity contribution in [3.63, 3.8) is 0 Å². The smallest absolute Gasteiger partial charge is 0.335 e. The molecule has 0 bridgehead atoms. The van der Waals surface area contributed by atoms with Gasteiger partial charge in [-0.25, -0.2) is 4.79 Å². The van der Waals surface area contributed by atoms with E-state index >= 15 is 0 Å². The third-order valence-corrected chi connectivity index (χ3v) is 8.33. The van der Waals surface area contributed by atoms with Gasteiger partial charge in [0.2, 0.25) is 5.91 Å². The molecule has 0 radical (unpaired) electrons. The molecule has 0 aliphatic heterocycles. The van der Waals surface area contributed by atoms with E-state index in [0.717, 1.165) is 10.5 Å². The molecule has 0 saturated carbocycles. The molecule has 5 aromatic carbocycles. The molecule has 0 aromatic heterocycles. The van der Waals surface area contributed by atoms with E-state index in [-0.39, 0.29) is 17.2 Å². The van der Waals surface area contributed by atoms with E-state index in [2.05, 4.69) is 16.0 Å². The Kier molecular flexibility index (Phi) is 10.9. The minimum Gasteiger partial charge on any atom is -0.478 e. The normalized spacial score (nSPS) is 11.6. The van der Waals surface area contributed by atoms with Crippen LogP contribution in [0.1, 0.15) is 37.1 Å². The Hall–Kier alpha value is -5.64. The van der Waals surface area contributed by atoms with Crippen LogP contribution in [-0.4, -0.2) is 28.8 Å². The zero-order valence-electron chi connectivity index (χ0n) is 24.7. The summed E-state index contributed by atoms with van der Waals surface area (Å²) in [5.41, 5.74) is 2.96. The van der Waals surface area contributed by atoms with Crippen molar-refractivity contribution in [3.8, 4) is 0 Å². The van der Waals surface area contributed by atoms with Crippen LogP contribution in [0.3, 0.4) is 0 Å². The lowest BCUT2D eigenvalue weighted by Crippen LogP contribution is -2.30. The van der Waals surface area contributed by atoms with Crippen LogP contribution in [0.5, 0.6) is 0 Å². The Labute approximate surface area is 280 Å². The maximum Gasteiger partial charge on any atom is 0.335 e. The summed E-state index contributed by atoms with van der Waals surface area (Å²) in [4.78, 5) is 51.7. The predicted molar refractivity (Wildman–Crippen MR) is 185 cm³/mol. The van der Waals surface area contributed by atoms with Crippen molar-refractivity contribution in [1.29, 1.82) is 0 Å². The van der Waals surface area contributed by atoms with Gasteiger partial charge in [0.25, 0.3) is 11.8 Å². The fraction of sp³-hybridized carbons (Fsp3) is 0.0270. The van der Waals surface area contributed by atoms with Crippen molar-refractivity contribution in [2.45, 2.75) is 10.1 Å². The monoisotopic (exact) mass is 661 g/mol. The highest BCUT2D eigenvalue weighted by atomic mass is 35.5. The van der Waals surface area contributed by atoms with Crippen LogP contribution >= 0.6 is 23.4 Å². The molecule has 0 aliphatic carbocycles. The summed E-state index contributed by atoms with van der Waals surface area (Å²) in [6.45, 7) is 0. The summed E-state index contributed by atoms with van der Waals surface area (Å²) >= 11 is 7.34. The van der Waals surface area contributed by atoms with Crippen LogP contribution in [0.2, 0.25) is 5.02 Å². The second-order valence-corrected chi connectivity index (χ2v) is 11.8. The number of carbonyl (C=O) groups excluding carboxylic acids is 3. The van der Waals surface area contributed by atoms with Gasteiger partial charge in [0.05, 0.1) is 5.56 Å². The minimum absolute atomic E-state index is 0.0387. The highest BCUT2D eigenvalue weighted by Gasteiger charge is 2.23. The molecular formula is C37H28ClN3O5S. The molecule has 8 nitrogen and oxygen atoms in total. The van der Waals surface area contributed by atoms with E-state index in [1.54, 1.807) is 97.1 Å². The first-order chi connectivity index (χ1) is 22.7. The van der Waals surface area contributed by atoms with Gasteiger partial charge in [0.15, 0.2) is 0 Å². The van der Waals surface area contributed by atoms with Gasteiger partial charge in [0, 0.05) is 26.9 Å². The molecule has 0 saturated heterocycles. The van der Waals surface area contributed by atoms with Gasteiger partial charge >= 0.3 is 5.97 Å². The molecule has 0 aliphatic rings. The SMILES string of the molecule is O=C(Nc1ccc(SC(C(=O)Nc2ccc(C(=O)O)cc2)c2ccccc2)cc1)/C(=C/c1ccc(Cl)cc1)NC(=O)c1ccccc1. The van der Waals surface area contributed by atoms with Crippen LogP contribution in [0.25, 0.3) is 6.08 Å². The first kappa shape index (κ1) is 32.7. The van der Waals surface area contributed by atoms with Gasteiger partial charge in [0.1, 0.15) is 10.9 Å². The Morgan fingerprint density at radius 2 is 1.23 bits per heavy atom. The average molecular weight is 662 g/mol. The van der Waals surface area contributed by atoms with Gasteiger partial charge in [-0.15, -0.1) is 11.8 Å². The quantitative estimate of drug-likeness (QED) is 0.0842. The zero-order valence-corrected chi connectivity index (χ0v) is 26.3. The summed E-state index contributed by atoms with van der Waals surface area (Å²) in [5.74, 6) is -2.30. The van der Waals surface area contributed by atoms with Crippen molar-refractivity contribution in [2.75, 3.05) is 10.6 Å². The van der Waals surface area contributed by atoms with E-state index in [1.165, 1.54) is 23.9 Å². The van der Waals surface area contributed by atoms with Gasteiger partial charge < -0.3 is 21.1 Å². The van der Waals surface area contributed by atoms with Crippen molar-refractivity contribution in [1.82, 2.24) is 5.32 Å². The number of anilines is 2. The predicted octanol–water partition coefficient (Wildman–Crippen LogP) is 7.92. The largest absolute Gasteiger partial charge is 0.478 e. The van der Waals surface area contributed by atoms with E-state index in [9.17, 15) is 19.2 Å². The number of hydrogen-bond donors (Lipinski definition) is 4. The van der Waals surface area contributed by atoms with Gasteiger partial charge in [-0.3, -0.25) is 14.4 Å². The lowest BCUT2D eigenvalue weighted by atomic mass is 10.1. The lowest BCUT2D eigenvalue weighted by molar-refractivity contribution is -0.116. The van der Waals surface area contributed by atoms with Gasteiger partial charge in [-0.1, -0.05) is 72.3 Å². The molecular weight excluding hydrogens is 634 g/mol. The number of amides is 3. The van der Waals surface area contributed by atoms with E-state index in [4.69, 9.17) is 16.7 Å². The number of thioether (sulfide) groups is 1. The fourth-order valence-electron chi connectivity index (χ4n) is 4.42. The lowest BCUT2D eigenvalue weighted by Gasteiger charge is -2.18. The topological polar surface area (TPSA) is 125 Å². The van der Waals surface area contributed by atoms with Gasteiger partial charge in [-0.2, -0.15) is 0 Å². The summed E-state index contributed by atoms with van der Waals surface area (Å²) in [6, 6.07) is 37.7. The second-order valence-electron chi connectivity index (χ2n) is 10.2.